The summed E-state index contributed by atoms with van der Waals surface area (Å²) in [5, 5.41) is 7.49. The van der Waals surface area contributed by atoms with Gasteiger partial charge in [-0.3, -0.25) is 9.59 Å². The van der Waals surface area contributed by atoms with E-state index in [1.54, 1.807) is 0 Å². The van der Waals surface area contributed by atoms with Crippen molar-refractivity contribution in [1.29, 1.82) is 0 Å². The van der Waals surface area contributed by atoms with Crippen LogP contribution in [0.4, 0.5) is 0 Å². The van der Waals surface area contributed by atoms with E-state index >= 15 is 0 Å². The van der Waals surface area contributed by atoms with E-state index in [4.69, 9.17) is 16.6 Å². The molecule has 0 aromatic heterocycles. The fourth-order valence-corrected chi connectivity index (χ4v) is 0.652. The lowest BCUT2D eigenvalue weighted by atomic mass is 10.6. The van der Waals surface area contributed by atoms with Crippen molar-refractivity contribution >= 4 is 46.8 Å². The number of hydrogen-bond acceptors (Lipinski definition) is 6. The molecule has 1 amide bonds. The summed E-state index contributed by atoms with van der Waals surface area (Å²) < 4.78 is 8.95. The third-order valence-electron chi connectivity index (χ3n) is 0.940. The molecule has 0 rings (SSSR count). The highest BCUT2D eigenvalue weighted by Crippen LogP contribution is 1.80. The maximum absolute atomic E-state index is 9.99. The van der Waals surface area contributed by atoms with Crippen molar-refractivity contribution in [3.05, 3.63) is 0 Å². The lowest BCUT2D eigenvalue weighted by molar-refractivity contribution is -0.142. The van der Waals surface area contributed by atoms with E-state index in [0.717, 1.165) is 0 Å². The molecule has 0 heterocycles. The number of carbonyl (C=O) groups is 3. The molecule has 0 bridgehead atoms. The Labute approximate surface area is 114 Å². The van der Waals surface area contributed by atoms with Crippen LogP contribution < -0.4 is 11.5 Å². The van der Waals surface area contributed by atoms with Gasteiger partial charge in [-0.15, -0.1) is 12.6 Å². The molecule has 0 aromatic rings. The number of carboxylic acids is 1. The second kappa shape index (κ2) is 12.2. The van der Waals surface area contributed by atoms with Crippen molar-refractivity contribution in [1.82, 2.24) is 0 Å². The zero-order chi connectivity index (χ0) is 14.6. The van der Waals surface area contributed by atoms with E-state index in [1.165, 1.54) is 0 Å². The highest BCUT2D eigenvalue weighted by molar-refractivity contribution is 7.96. The van der Waals surface area contributed by atoms with E-state index < -0.39 is 23.6 Å². The molecule has 10 heteroatoms. The molecule has 0 saturated carbocycles. The summed E-state index contributed by atoms with van der Waals surface area (Å²) in [6.07, 6.45) is 0. The van der Waals surface area contributed by atoms with Crippen molar-refractivity contribution in [2.45, 2.75) is 0 Å². The number of carbonyl (C=O) groups excluding carboxylic acids is 2. The summed E-state index contributed by atoms with van der Waals surface area (Å²) in [7, 11) is 0. The van der Waals surface area contributed by atoms with Gasteiger partial charge in [0.1, 0.15) is 19.8 Å². The third kappa shape index (κ3) is 24.1. The monoisotopic (exact) mass is 298 g/mol. The first-order valence-corrected chi connectivity index (χ1v) is 5.27. The van der Waals surface area contributed by atoms with Crippen LogP contribution >= 0.6 is 24.8 Å². The largest absolute Gasteiger partial charge is 0.480 e. The number of thiol groups is 1. The van der Waals surface area contributed by atoms with Crippen molar-refractivity contribution < 1.29 is 29.0 Å². The topological polar surface area (TPSA) is 142 Å². The molecule has 0 fully saturated rings. The number of rotatable bonds is 8. The zero-order valence-corrected chi connectivity index (χ0v) is 11.0. The molecule has 8 nitrogen and oxygen atoms in total. The molecule has 0 atom stereocenters. The Morgan fingerprint density at radius 1 is 1.06 bits per heavy atom. The average Bonchev–Trinajstić information content (AvgIpc) is 2.15. The summed E-state index contributed by atoms with van der Waals surface area (Å²) in [6.45, 7) is -0.725. The van der Waals surface area contributed by atoms with Gasteiger partial charge in [0.2, 0.25) is 11.0 Å². The predicted octanol–water partition coefficient (Wildman–Crippen LogP) is -1.68. The maximum atomic E-state index is 9.99. The van der Waals surface area contributed by atoms with E-state index in [0.29, 0.717) is 0 Å². The van der Waals surface area contributed by atoms with Crippen LogP contribution in [0.15, 0.2) is 0 Å². The number of hydrogen-bond donors (Lipinski definition) is 4. The lowest BCUT2D eigenvalue weighted by Gasteiger charge is -1.96. The fourth-order valence-electron chi connectivity index (χ4n) is 0.478. The Kier molecular flexibility index (Phi) is 13.0. The Balaban J connectivity index is 0. The number of aliphatic carboxylic acids is 1. The van der Waals surface area contributed by atoms with Crippen molar-refractivity contribution in [2.75, 3.05) is 26.4 Å². The number of nitrogens with two attached hydrogens (primary N) is 2. The summed E-state index contributed by atoms with van der Waals surface area (Å²) in [4.78, 5) is 29.9. The van der Waals surface area contributed by atoms with Crippen molar-refractivity contribution in [3.8, 4) is 0 Å². The van der Waals surface area contributed by atoms with Gasteiger partial charge in [-0.05, 0) is 0 Å². The van der Waals surface area contributed by atoms with Crippen LogP contribution in [0.2, 0.25) is 0 Å². The fraction of sp³-hybridized carbons (Fsp3) is 0.500. The van der Waals surface area contributed by atoms with E-state index in [2.05, 4.69) is 34.3 Å². The molecule has 0 aliphatic rings. The van der Waals surface area contributed by atoms with Gasteiger partial charge < -0.3 is 26.0 Å². The molecule has 0 aromatic carbocycles. The van der Waals surface area contributed by atoms with Gasteiger partial charge in [-0.2, -0.15) is 0 Å². The number of thiocarbonyl (C=S) groups is 1. The van der Waals surface area contributed by atoms with Gasteiger partial charge in [0.05, 0.1) is 11.6 Å². The van der Waals surface area contributed by atoms with Crippen LogP contribution in [0, 0.1) is 0 Å². The smallest absolute Gasteiger partial charge is 0.329 e. The van der Waals surface area contributed by atoms with Crippen LogP contribution in [0.3, 0.4) is 0 Å². The summed E-state index contributed by atoms with van der Waals surface area (Å²) in [5.74, 6) is -1.61. The van der Waals surface area contributed by atoms with Crippen LogP contribution in [-0.2, 0) is 23.9 Å². The van der Waals surface area contributed by atoms with Gasteiger partial charge in [0.25, 0.3) is 0 Å². The predicted molar refractivity (Wildman–Crippen MR) is 69.2 cm³/mol. The lowest BCUT2D eigenvalue weighted by Crippen LogP contribution is -2.23. The normalized spacial score (nSPS) is 8.94. The average molecular weight is 298 g/mol. The third-order valence-corrected chi connectivity index (χ3v) is 1.19. The molecule has 0 saturated heterocycles. The molecule has 0 aliphatic heterocycles. The zero-order valence-electron chi connectivity index (χ0n) is 9.33. The van der Waals surface area contributed by atoms with E-state index in [9.17, 15) is 14.4 Å². The Hall–Kier alpha value is -1.23. The first-order chi connectivity index (χ1) is 8.25. The van der Waals surface area contributed by atoms with Crippen molar-refractivity contribution in [2.24, 2.45) is 11.5 Å². The van der Waals surface area contributed by atoms with Gasteiger partial charge in [0.15, 0.2) is 0 Å². The molecule has 0 spiro atoms. The molecule has 104 valence electrons. The molecule has 0 radical (unpaired) electrons. The molecular weight excluding hydrogens is 284 g/mol. The minimum atomic E-state index is -1.09. The number of carboxylic acid groups (broad SMARTS) is 1. The van der Waals surface area contributed by atoms with Gasteiger partial charge in [-0.25, -0.2) is 4.79 Å². The minimum Gasteiger partial charge on any atom is -0.480 e. The van der Waals surface area contributed by atoms with Gasteiger partial charge in [0, 0.05) is 0 Å². The maximum Gasteiger partial charge on any atom is 0.329 e. The Bertz CT molecular complexity index is 252. The molecule has 0 unspecified atom stereocenters. The number of amides is 1. The first kappa shape index (κ1) is 19.1. The van der Waals surface area contributed by atoms with Gasteiger partial charge >= 0.3 is 5.97 Å². The van der Waals surface area contributed by atoms with Crippen LogP contribution in [0.1, 0.15) is 0 Å². The van der Waals surface area contributed by atoms with Gasteiger partial charge in [-0.1, -0.05) is 12.2 Å². The standard InChI is InChI=1S/C4H8N2O2S.C4H6O4S/c5-3(7)1-8-2-4(6)9;5-3(6)1-8-2-4(7)9/h1-2H2,(H2,5,7)(H2,6,9);1-2H2,(H,5,6)(H,7,9). The van der Waals surface area contributed by atoms with E-state index in [-0.39, 0.29) is 24.8 Å². The second-order valence-corrected chi connectivity index (χ2v) is 3.73. The van der Waals surface area contributed by atoms with E-state index in [1.807, 2.05) is 0 Å². The quantitative estimate of drug-likeness (QED) is 0.307. The van der Waals surface area contributed by atoms with Crippen LogP contribution in [-0.4, -0.2) is 53.5 Å². The SMILES string of the molecule is NC(=O)COCC(N)=S.O=C(O)COCC(=O)S. The Morgan fingerprint density at radius 2 is 1.56 bits per heavy atom. The second-order valence-electron chi connectivity index (χ2n) is 2.71. The molecular formula is C8H14N2O6S2. The molecule has 18 heavy (non-hydrogen) atoms. The molecule has 5 N–H and O–H groups in total. The highest BCUT2D eigenvalue weighted by Gasteiger charge is 1.97. The summed E-state index contributed by atoms with van der Waals surface area (Å²) in [5.41, 5.74) is 9.76. The number of ether oxygens (including phenoxy) is 2. The van der Waals surface area contributed by atoms with Crippen LogP contribution in [0.5, 0.6) is 0 Å². The van der Waals surface area contributed by atoms with Crippen LogP contribution in [0.25, 0.3) is 0 Å². The molecule has 0 aliphatic carbocycles. The highest BCUT2D eigenvalue weighted by atomic mass is 32.1. The summed E-state index contributed by atoms with van der Waals surface area (Å²) >= 11 is 7.79. The van der Waals surface area contributed by atoms with Crippen molar-refractivity contribution in [3.63, 3.8) is 0 Å². The summed E-state index contributed by atoms with van der Waals surface area (Å²) in [6, 6.07) is 0. The first-order valence-electron chi connectivity index (χ1n) is 4.41. The Morgan fingerprint density at radius 3 is 1.89 bits per heavy atom. The minimum absolute atomic E-state index is 0.109. The number of primary amides is 1.